The Bertz CT molecular complexity index is 1220. The van der Waals surface area contributed by atoms with Gasteiger partial charge in [0.05, 0.1) is 19.9 Å². The first-order chi connectivity index (χ1) is 14.8. The highest BCUT2D eigenvalue weighted by Crippen LogP contribution is 2.34. The summed E-state index contributed by atoms with van der Waals surface area (Å²) in [6.07, 6.45) is 1.40. The van der Waals surface area contributed by atoms with E-state index in [2.05, 4.69) is 9.71 Å². The van der Waals surface area contributed by atoms with Crippen LogP contribution in [0, 0.1) is 0 Å². The first-order valence-electron chi connectivity index (χ1n) is 9.06. The summed E-state index contributed by atoms with van der Waals surface area (Å²) in [5, 5.41) is 2.67. The molecule has 2 aliphatic rings. The SMILES string of the molecule is COc1ccc(NC(=O)C2=CC(c3ccc4c(c3)OCO4)=NS(=O)(=O)N2C)cc1OC. The normalized spacial score (nSPS) is 16.3. The van der Waals surface area contributed by atoms with Gasteiger partial charge in [-0.3, -0.25) is 4.79 Å². The van der Waals surface area contributed by atoms with Crippen LogP contribution in [0.4, 0.5) is 5.69 Å². The molecule has 0 bridgehead atoms. The van der Waals surface area contributed by atoms with Crippen LogP contribution in [0.3, 0.4) is 0 Å². The highest BCUT2D eigenvalue weighted by atomic mass is 32.2. The number of methoxy groups -OCH3 is 2. The second-order valence-corrected chi connectivity index (χ2v) is 8.17. The Kier molecular flexibility index (Phi) is 5.19. The molecule has 2 heterocycles. The molecule has 0 saturated carbocycles. The average Bonchev–Trinajstić information content (AvgIpc) is 3.23. The highest BCUT2D eigenvalue weighted by molar-refractivity contribution is 7.88. The van der Waals surface area contributed by atoms with Crippen molar-refractivity contribution in [3.05, 3.63) is 53.7 Å². The van der Waals surface area contributed by atoms with Crippen LogP contribution in [0.5, 0.6) is 23.0 Å². The molecule has 0 aliphatic carbocycles. The summed E-state index contributed by atoms with van der Waals surface area (Å²) in [7, 11) is 0.125. The number of carbonyl (C=O) groups is 1. The van der Waals surface area contributed by atoms with Crippen LogP contribution in [0.25, 0.3) is 0 Å². The molecule has 31 heavy (non-hydrogen) atoms. The second-order valence-electron chi connectivity index (χ2n) is 6.54. The van der Waals surface area contributed by atoms with Gasteiger partial charge in [-0.05, 0) is 36.4 Å². The summed E-state index contributed by atoms with van der Waals surface area (Å²) >= 11 is 0. The number of hydrogen-bond donors (Lipinski definition) is 1. The van der Waals surface area contributed by atoms with Gasteiger partial charge < -0.3 is 24.3 Å². The molecule has 162 valence electrons. The van der Waals surface area contributed by atoms with Crippen LogP contribution in [0.1, 0.15) is 5.56 Å². The van der Waals surface area contributed by atoms with Crippen LogP contribution >= 0.6 is 0 Å². The second kappa shape index (κ2) is 7.84. The van der Waals surface area contributed by atoms with Gasteiger partial charge in [-0.25, -0.2) is 4.31 Å². The predicted molar refractivity (Wildman–Crippen MR) is 112 cm³/mol. The van der Waals surface area contributed by atoms with E-state index >= 15 is 0 Å². The van der Waals surface area contributed by atoms with E-state index in [9.17, 15) is 13.2 Å². The number of anilines is 1. The number of carbonyl (C=O) groups excluding carboxylic acids is 1. The quantitative estimate of drug-likeness (QED) is 0.748. The predicted octanol–water partition coefficient (Wildman–Crippen LogP) is 1.93. The lowest BCUT2D eigenvalue weighted by molar-refractivity contribution is -0.113. The van der Waals surface area contributed by atoms with E-state index in [-0.39, 0.29) is 18.2 Å². The van der Waals surface area contributed by atoms with Gasteiger partial charge in [-0.1, -0.05) is 0 Å². The Morgan fingerprint density at radius 3 is 2.55 bits per heavy atom. The molecular formula is C20H19N3O7S. The zero-order valence-corrected chi connectivity index (χ0v) is 17.7. The Morgan fingerprint density at radius 2 is 1.81 bits per heavy atom. The molecule has 0 unspecified atom stereocenters. The molecule has 0 saturated heterocycles. The van der Waals surface area contributed by atoms with Gasteiger partial charge in [0.15, 0.2) is 23.0 Å². The van der Waals surface area contributed by atoms with Crippen LogP contribution in [-0.2, 0) is 15.0 Å². The van der Waals surface area contributed by atoms with E-state index in [0.29, 0.717) is 34.2 Å². The van der Waals surface area contributed by atoms with Gasteiger partial charge >= 0.3 is 10.2 Å². The minimum atomic E-state index is -4.11. The maximum atomic E-state index is 12.9. The summed E-state index contributed by atoms with van der Waals surface area (Å²) in [5.41, 5.74) is 0.880. The lowest BCUT2D eigenvalue weighted by Gasteiger charge is -2.23. The number of nitrogens with one attached hydrogen (secondary N) is 1. The molecule has 0 atom stereocenters. The van der Waals surface area contributed by atoms with E-state index in [0.717, 1.165) is 4.31 Å². The van der Waals surface area contributed by atoms with Crippen LogP contribution in [-0.4, -0.2) is 52.4 Å². The van der Waals surface area contributed by atoms with Gasteiger partial charge in [0.25, 0.3) is 5.91 Å². The van der Waals surface area contributed by atoms with Gasteiger partial charge in [0.1, 0.15) is 5.70 Å². The van der Waals surface area contributed by atoms with E-state index in [1.807, 2.05) is 0 Å². The Labute approximate surface area is 178 Å². The Balaban J connectivity index is 1.66. The summed E-state index contributed by atoms with van der Waals surface area (Å²) < 4.78 is 50.8. The topological polar surface area (TPSA) is 116 Å². The molecule has 1 N–H and O–H groups in total. The van der Waals surface area contributed by atoms with Crippen LogP contribution in [0.15, 0.2) is 52.6 Å². The largest absolute Gasteiger partial charge is 0.493 e. The molecule has 0 aromatic heterocycles. The number of fused-ring (bicyclic) bond motifs is 1. The first-order valence-corrected chi connectivity index (χ1v) is 10.5. The zero-order chi connectivity index (χ0) is 22.2. The van der Waals surface area contributed by atoms with Crippen molar-refractivity contribution in [1.29, 1.82) is 0 Å². The molecule has 11 heteroatoms. The molecule has 10 nitrogen and oxygen atoms in total. The number of hydrogen-bond acceptors (Lipinski definition) is 7. The molecule has 2 aliphatic heterocycles. The maximum Gasteiger partial charge on any atom is 0.345 e. The van der Waals surface area contributed by atoms with Crippen molar-refractivity contribution in [2.45, 2.75) is 0 Å². The zero-order valence-electron chi connectivity index (χ0n) is 16.9. The number of rotatable bonds is 5. The third kappa shape index (κ3) is 3.87. The van der Waals surface area contributed by atoms with E-state index in [1.165, 1.54) is 27.3 Å². The molecule has 0 spiro atoms. The smallest absolute Gasteiger partial charge is 0.345 e. The minimum absolute atomic E-state index is 0.0844. The van der Waals surface area contributed by atoms with Crippen molar-refractivity contribution in [2.24, 2.45) is 4.40 Å². The minimum Gasteiger partial charge on any atom is -0.493 e. The fourth-order valence-electron chi connectivity index (χ4n) is 3.07. The fourth-order valence-corrected chi connectivity index (χ4v) is 3.98. The van der Waals surface area contributed by atoms with Crippen LogP contribution in [0.2, 0.25) is 0 Å². The third-order valence-electron chi connectivity index (χ3n) is 4.71. The molecule has 0 fully saturated rings. The van der Waals surface area contributed by atoms with Gasteiger partial charge in [-0.2, -0.15) is 8.42 Å². The highest BCUT2D eigenvalue weighted by Gasteiger charge is 2.30. The maximum absolute atomic E-state index is 12.9. The van der Waals surface area contributed by atoms with Crippen LogP contribution < -0.4 is 24.3 Å². The van der Waals surface area contributed by atoms with E-state index in [4.69, 9.17) is 18.9 Å². The molecule has 1 amide bonds. The summed E-state index contributed by atoms with van der Waals surface area (Å²) in [6.45, 7) is 0.0844. The van der Waals surface area contributed by atoms with Crippen molar-refractivity contribution < 1.29 is 32.2 Å². The molecule has 0 radical (unpaired) electrons. The Morgan fingerprint density at radius 1 is 1.06 bits per heavy atom. The van der Waals surface area contributed by atoms with Gasteiger partial charge in [0.2, 0.25) is 6.79 Å². The lowest BCUT2D eigenvalue weighted by atomic mass is 10.1. The summed E-state index contributed by atoms with van der Waals surface area (Å²) in [4.78, 5) is 12.9. The van der Waals surface area contributed by atoms with Crippen molar-refractivity contribution >= 4 is 27.5 Å². The average molecular weight is 445 g/mol. The van der Waals surface area contributed by atoms with E-state index in [1.54, 1.807) is 36.4 Å². The standard InChI is InChI=1S/C20H19N3O7S/c1-23-15(20(24)21-13-5-7-16(27-2)18(9-13)28-3)10-14(22-31(23,25)26)12-4-6-17-19(8-12)30-11-29-17/h4-10H,11H2,1-3H3,(H,21,24). The summed E-state index contributed by atoms with van der Waals surface area (Å²) in [6, 6.07) is 9.73. The monoisotopic (exact) mass is 445 g/mol. The van der Waals surface area contributed by atoms with Gasteiger partial charge in [-0.15, -0.1) is 4.40 Å². The van der Waals surface area contributed by atoms with Crippen molar-refractivity contribution in [1.82, 2.24) is 4.31 Å². The number of amides is 1. The number of likely N-dealkylation sites (N-methyl/N-ethyl adjacent to an activating group) is 1. The number of allylic oxidation sites excluding steroid dienone is 1. The number of nitrogens with zero attached hydrogens (tertiary/aromatic N) is 2. The molecular weight excluding hydrogens is 426 g/mol. The van der Waals surface area contributed by atoms with Crippen molar-refractivity contribution in [3.8, 4) is 23.0 Å². The number of benzene rings is 2. The summed E-state index contributed by atoms with van der Waals surface area (Å²) in [5.74, 6) is 1.30. The number of ether oxygens (including phenoxy) is 4. The van der Waals surface area contributed by atoms with Crippen molar-refractivity contribution in [3.63, 3.8) is 0 Å². The molecule has 2 aromatic rings. The Hall–Kier alpha value is -3.73. The third-order valence-corrected chi connectivity index (χ3v) is 6.03. The first kappa shape index (κ1) is 20.5. The van der Waals surface area contributed by atoms with Gasteiger partial charge in [0, 0.05) is 24.4 Å². The fraction of sp³-hybridized carbons (Fsp3) is 0.200. The molecule has 4 rings (SSSR count). The molecule has 2 aromatic carbocycles. The van der Waals surface area contributed by atoms with Crippen molar-refractivity contribution in [2.75, 3.05) is 33.4 Å². The lowest BCUT2D eigenvalue weighted by Crippen LogP contribution is -2.35. The van der Waals surface area contributed by atoms with E-state index < -0.39 is 16.1 Å².